The second-order valence-corrected chi connectivity index (χ2v) is 8.62. The minimum absolute atomic E-state index is 0.181. The summed E-state index contributed by atoms with van der Waals surface area (Å²) in [7, 11) is 2.12. The fourth-order valence-corrected chi connectivity index (χ4v) is 5.23. The Hall–Kier alpha value is -2.73. The SMILES string of the molecule is CCN1CN(C)Cc2cc(O)c3c(c21)CN1CN3Cc2cc(CC(C)=O)ccc21. The van der Waals surface area contributed by atoms with E-state index in [4.69, 9.17) is 0 Å². The molecular weight excluding hydrogens is 364 g/mol. The number of ketones is 1. The van der Waals surface area contributed by atoms with Crippen molar-refractivity contribution in [3.8, 4) is 5.75 Å². The number of phenolic OH excluding ortho intramolecular Hbond substituents is 1. The maximum Gasteiger partial charge on any atom is 0.139 e. The Kier molecular flexibility index (Phi) is 4.21. The number of phenols is 1. The number of nitrogens with zero attached hydrogens (tertiary/aromatic N) is 4. The summed E-state index contributed by atoms with van der Waals surface area (Å²) in [5, 5.41) is 10.9. The number of rotatable bonds is 3. The lowest BCUT2D eigenvalue weighted by Crippen LogP contribution is -2.48. The summed E-state index contributed by atoms with van der Waals surface area (Å²) in [6.45, 7) is 8.87. The lowest BCUT2D eigenvalue weighted by Gasteiger charge is -2.48. The third kappa shape index (κ3) is 2.94. The number of fused-ring (bicyclic) bond motifs is 8. The maximum absolute atomic E-state index is 11.5. The molecule has 0 fully saturated rings. The first-order valence-electron chi connectivity index (χ1n) is 10.4. The Bertz CT molecular complexity index is 1000. The molecule has 0 spiro atoms. The predicted molar refractivity (Wildman–Crippen MR) is 116 cm³/mol. The van der Waals surface area contributed by atoms with Gasteiger partial charge in [-0.2, -0.15) is 0 Å². The lowest BCUT2D eigenvalue weighted by molar-refractivity contribution is -0.116. The van der Waals surface area contributed by atoms with E-state index < -0.39 is 0 Å². The smallest absolute Gasteiger partial charge is 0.139 e. The normalized spacial score (nSPS) is 17.7. The summed E-state index contributed by atoms with van der Waals surface area (Å²) in [5.41, 5.74) is 8.25. The first-order valence-corrected chi connectivity index (χ1v) is 10.4. The number of benzene rings is 2. The van der Waals surface area contributed by atoms with Gasteiger partial charge in [0, 0.05) is 49.5 Å². The molecule has 3 aliphatic heterocycles. The van der Waals surface area contributed by atoms with Crippen molar-refractivity contribution in [1.29, 1.82) is 0 Å². The van der Waals surface area contributed by atoms with Crippen LogP contribution in [0.3, 0.4) is 0 Å². The minimum Gasteiger partial charge on any atom is -0.506 e. The molecule has 5 rings (SSSR count). The zero-order valence-electron chi connectivity index (χ0n) is 17.4. The third-order valence-electron chi connectivity index (χ3n) is 6.29. The van der Waals surface area contributed by atoms with Crippen LogP contribution in [-0.2, 0) is 30.8 Å². The van der Waals surface area contributed by atoms with Gasteiger partial charge < -0.3 is 19.8 Å². The second-order valence-electron chi connectivity index (χ2n) is 8.62. The molecule has 152 valence electrons. The molecule has 6 heteroatoms. The van der Waals surface area contributed by atoms with E-state index in [9.17, 15) is 9.90 Å². The largest absolute Gasteiger partial charge is 0.506 e. The fraction of sp³-hybridized carbons (Fsp3) is 0.435. The highest BCUT2D eigenvalue weighted by atomic mass is 16.3. The van der Waals surface area contributed by atoms with Gasteiger partial charge in [0.05, 0.1) is 19.0 Å². The van der Waals surface area contributed by atoms with E-state index in [-0.39, 0.29) is 5.78 Å². The van der Waals surface area contributed by atoms with Crippen molar-refractivity contribution >= 4 is 22.8 Å². The van der Waals surface area contributed by atoms with Crippen LogP contribution in [0.1, 0.15) is 36.1 Å². The third-order valence-corrected chi connectivity index (χ3v) is 6.29. The van der Waals surface area contributed by atoms with Crippen molar-refractivity contribution in [1.82, 2.24) is 4.90 Å². The summed E-state index contributed by atoms with van der Waals surface area (Å²) in [4.78, 5) is 20.9. The molecule has 0 unspecified atom stereocenters. The zero-order chi connectivity index (χ0) is 20.3. The van der Waals surface area contributed by atoms with Crippen molar-refractivity contribution in [2.24, 2.45) is 0 Å². The summed E-state index contributed by atoms with van der Waals surface area (Å²) in [6.07, 6.45) is 0.474. The van der Waals surface area contributed by atoms with Crippen LogP contribution >= 0.6 is 0 Å². The molecule has 29 heavy (non-hydrogen) atoms. The van der Waals surface area contributed by atoms with Gasteiger partial charge in [0.1, 0.15) is 11.5 Å². The predicted octanol–water partition coefficient (Wildman–Crippen LogP) is 3.05. The van der Waals surface area contributed by atoms with E-state index in [1.54, 1.807) is 6.92 Å². The zero-order valence-corrected chi connectivity index (χ0v) is 17.4. The Balaban J connectivity index is 1.59. The van der Waals surface area contributed by atoms with E-state index in [2.05, 4.69) is 51.8 Å². The molecule has 2 aromatic rings. The van der Waals surface area contributed by atoms with Crippen molar-refractivity contribution in [3.05, 3.63) is 46.5 Å². The topological polar surface area (TPSA) is 50.3 Å². The van der Waals surface area contributed by atoms with E-state index in [1.165, 1.54) is 28.1 Å². The minimum atomic E-state index is 0.181. The summed E-state index contributed by atoms with van der Waals surface area (Å²) in [5.74, 6) is 0.564. The number of anilines is 3. The average molecular weight is 393 g/mol. The first kappa shape index (κ1) is 18.3. The van der Waals surface area contributed by atoms with Crippen LogP contribution in [0.5, 0.6) is 5.75 Å². The molecule has 3 heterocycles. The van der Waals surface area contributed by atoms with Gasteiger partial charge in [-0.1, -0.05) is 12.1 Å². The first-order chi connectivity index (χ1) is 13.9. The molecule has 0 amide bonds. The Morgan fingerprint density at radius 2 is 1.86 bits per heavy atom. The second kappa shape index (κ2) is 6.66. The van der Waals surface area contributed by atoms with E-state index >= 15 is 0 Å². The summed E-state index contributed by atoms with van der Waals surface area (Å²) >= 11 is 0. The lowest BCUT2D eigenvalue weighted by atomic mass is 9.94. The number of Topliss-reactive ketones (excluding diaryl/α,β-unsaturated/α-hetero) is 1. The van der Waals surface area contributed by atoms with Gasteiger partial charge >= 0.3 is 0 Å². The molecule has 0 saturated carbocycles. The molecule has 0 atom stereocenters. The van der Waals surface area contributed by atoms with E-state index in [0.29, 0.717) is 12.2 Å². The highest BCUT2D eigenvalue weighted by molar-refractivity contribution is 5.82. The van der Waals surface area contributed by atoms with Crippen molar-refractivity contribution in [2.75, 3.05) is 41.6 Å². The van der Waals surface area contributed by atoms with Crippen LogP contribution in [0, 0.1) is 0 Å². The number of hydrogen-bond acceptors (Lipinski definition) is 6. The molecule has 6 nitrogen and oxygen atoms in total. The highest BCUT2D eigenvalue weighted by Gasteiger charge is 2.36. The van der Waals surface area contributed by atoms with Gasteiger partial charge in [-0.05, 0) is 49.7 Å². The molecule has 0 saturated heterocycles. The molecule has 1 N–H and O–H groups in total. The average Bonchev–Trinajstić information content (AvgIpc) is 2.66. The van der Waals surface area contributed by atoms with Gasteiger partial charge in [-0.15, -0.1) is 0 Å². The Morgan fingerprint density at radius 3 is 2.62 bits per heavy atom. The van der Waals surface area contributed by atoms with E-state index in [0.717, 1.165) is 50.8 Å². The van der Waals surface area contributed by atoms with Crippen LogP contribution in [0.25, 0.3) is 0 Å². The molecule has 2 aromatic carbocycles. The molecule has 3 aliphatic rings. The van der Waals surface area contributed by atoms with Gasteiger partial charge in [-0.25, -0.2) is 0 Å². The van der Waals surface area contributed by atoms with E-state index in [1.807, 2.05) is 6.07 Å². The fourth-order valence-electron chi connectivity index (χ4n) is 5.23. The summed E-state index contributed by atoms with van der Waals surface area (Å²) < 4.78 is 0. The van der Waals surface area contributed by atoms with Gasteiger partial charge in [0.2, 0.25) is 0 Å². The highest BCUT2D eigenvalue weighted by Crippen LogP contribution is 2.48. The number of aromatic hydroxyl groups is 1. The van der Waals surface area contributed by atoms with Crippen LogP contribution in [0.2, 0.25) is 0 Å². The molecule has 0 radical (unpaired) electrons. The summed E-state index contributed by atoms with van der Waals surface area (Å²) in [6, 6.07) is 8.36. The Morgan fingerprint density at radius 1 is 1.03 bits per heavy atom. The molecule has 0 aliphatic carbocycles. The molecule has 2 bridgehead atoms. The maximum atomic E-state index is 11.5. The number of hydrogen-bond donors (Lipinski definition) is 1. The molecular formula is C23H28N4O2. The van der Waals surface area contributed by atoms with Crippen LogP contribution in [-0.4, -0.2) is 42.7 Å². The monoisotopic (exact) mass is 392 g/mol. The van der Waals surface area contributed by atoms with Crippen molar-refractivity contribution in [2.45, 2.75) is 39.9 Å². The van der Waals surface area contributed by atoms with Crippen molar-refractivity contribution < 1.29 is 9.90 Å². The molecule has 0 aromatic heterocycles. The van der Waals surface area contributed by atoms with Crippen LogP contribution in [0.15, 0.2) is 24.3 Å². The van der Waals surface area contributed by atoms with Crippen LogP contribution < -0.4 is 14.7 Å². The Labute approximate surface area is 171 Å². The number of carbonyl (C=O) groups is 1. The van der Waals surface area contributed by atoms with Crippen LogP contribution in [0.4, 0.5) is 17.1 Å². The van der Waals surface area contributed by atoms with Gasteiger partial charge in [0.15, 0.2) is 0 Å². The van der Waals surface area contributed by atoms with Gasteiger partial charge in [0.25, 0.3) is 0 Å². The standard InChI is InChI=1S/C23H28N4O2/c1-4-25-13-24(3)10-18-9-21(29)23-19(22(18)25)12-26-14-27(23)11-17-8-16(7-15(2)28)5-6-20(17)26/h5-6,8-9,29H,4,7,10-14H2,1-3H3. The van der Waals surface area contributed by atoms with Crippen molar-refractivity contribution in [3.63, 3.8) is 0 Å². The van der Waals surface area contributed by atoms with Gasteiger partial charge in [-0.3, -0.25) is 9.69 Å². The number of carbonyl (C=O) groups excluding carboxylic acids is 1. The quantitative estimate of drug-likeness (QED) is 0.867.